The molecule has 1 aromatic rings. The second-order valence-corrected chi connectivity index (χ2v) is 7.59. The number of ether oxygens (including phenoxy) is 1. The molecule has 1 aromatic carbocycles. The summed E-state index contributed by atoms with van der Waals surface area (Å²) < 4.78 is 5.21. The Labute approximate surface area is 175 Å². The van der Waals surface area contributed by atoms with Crippen LogP contribution < -0.4 is 10.1 Å². The van der Waals surface area contributed by atoms with Gasteiger partial charge < -0.3 is 15.0 Å². The fraction of sp³-hybridized carbons (Fsp3) is 0.650. The third kappa shape index (κ3) is 5.50. The van der Waals surface area contributed by atoms with Crippen LogP contribution in [-0.2, 0) is 11.3 Å². The Bertz CT molecular complexity index is 591. The predicted octanol–water partition coefficient (Wildman–Crippen LogP) is 2.96. The SMILES string of the molecule is CCN(Cc1ccc(OC)cc1)C(=O)C1CC2(CCNCC2)CN1C.Cl.Cl. The molecule has 1 spiro atoms. The molecule has 0 bridgehead atoms. The maximum atomic E-state index is 13.2. The summed E-state index contributed by atoms with van der Waals surface area (Å²) in [5.74, 6) is 1.12. The molecule has 0 radical (unpaired) electrons. The van der Waals surface area contributed by atoms with Crippen LogP contribution in [0.2, 0.25) is 0 Å². The first kappa shape index (κ1) is 24.0. The standard InChI is InChI=1S/C20H31N3O2.2ClH/c1-4-23(14-16-5-7-17(25-3)8-6-16)19(24)18-13-20(15-22(18)2)9-11-21-12-10-20;;/h5-8,18,21H,4,9-15H2,1-3H3;2*1H. The summed E-state index contributed by atoms with van der Waals surface area (Å²) in [5.41, 5.74) is 1.48. The van der Waals surface area contributed by atoms with Crippen LogP contribution in [0.1, 0.15) is 31.7 Å². The number of hydrogen-bond donors (Lipinski definition) is 1. The molecule has 2 heterocycles. The molecular formula is C20H33Cl2N3O2. The molecule has 7 heteroatoms. The number of halogens is 2. The zero-order valence-corrected chi connectivity index (χ0v) is 18.2. The first-order chi connectivity index (χ1) is 12.1. The molecule has 27 heavy (non-hydrogen) atoms. The Morgan fingerprint density at radius 1 is 1.26 bits per heavy atom. The fourth-order valence-electron chi connectivity index (χ4n) is 4.37. The number of rotatable bonds is 5. The van der Waals surface area contributed by atoms with Crippen molar-refractivity contribution in [2.45, 2.75) is 38.8 Å². The van der Waals surface area contributed by atoms with Gasteiger partial charge in [0.2, 0.25) is 5.91 Å². The van der Waals surface area contributed by atoms with Crippen molar-refractivity contribution < 1.29 is 9.53 Å². The van der Waals surface area contributed by atoms with Gasteiger partial charge in [0.05, 0.1) is 13.2 Å². The number of nitrogens with zero attached hydrogens (tertiary/aromatic N) is 2. The lowest BCUT2D eigenvalue weighted by Gasteiger charge is -2.33. The molecule has 2 aliphatic heterocycles. The van der Waals surface area contributed by atoms with E-state index in [-0.39, 0.29) is 36.8 Å². The van der Waals surface area contributed by atoms with Crippen molar-refractivity contribution in [1.82, 2.24) is 15.1 Å². The minimum Gasteiger partial charge on any atom is -0.497 e. The third-order valence-electron chi connectivity index (χ3n) is 5.92. The first-order valence-corrected chi connectivity index (χ1v) is 9.39. The summed E-state index contributed by atoms with van der Waals surface area (Å²) in [6.07, 6.45) is 3.38. The Hall–Kier alpha value is -1.01. The van der Waals surface area contributed by atoms with Gasteiger partial charge in [-0.25, -0.2) is 0 Å². The lowest BCUT2D eigenvalue weighted by atomic mass is 9.77. The van der Waals surface area contributed by atoms with E-state index in [4.69, 9.17) is 4.74 Å². The number of benzene rings is 1. The minimum atomic E-state index is 0. The van der Waals surface area contributed by atoms with Crippen molar-refractivity contribution in [3.05, 3.63) is 29.8 Å². The zero-order valence-electron chi connectivity index (χ0n) is 16.6. The normalized spacial score (nSPS) is 21.2. The molecule has 0 saturated carbocycles. The van der Waals surface area contributed by atoms with Crippen LogP contribution in [0.25, 0.3) is 0 Å². The second-order valence-electron chi connectivity index (χ2n) is 7.59. The fourth-order valence-corrected chi connectivity index (χ4v) is 4.37. The number of carbonyl (C=O) groups is 1. The highest BCUT2D eigenvalue weighted by Crippen LogP contribution is 2.41. The highest BCUT2D eigenvalue weighted by Gasteiger charge is 2.46. The molecule has 2 fully saturated rings. The van der Waals surface area contributed by atoms with Crippen LogP contribution in [0, 0.1) is 5.41 Å². The number of hydrogen-bond acceptors (Lipinski definition) is 4. The summed E-state index contributed by atoms with van der Waals surface area (Å²) in [5, 5.41) is 3.45. The lowest BCUT2D eigenvalue weighted by molar-refractivity contribution is -0.136. The Kier molecular flexibility index (Phi) is 9.35. The molecule has 154 valence electrons. The Morgan fingerprint density at radius 2 is 1.89 bits per heavy atom. The highest BCUT2D eigenvalue weighted by molar-refractivity contribution is 5.85. The van der Waals surface area contributed by atoms with Crippen molar-refractivity contribution in [3.8, 4) is 5.75 Å². The second kappa shape index (κ2) is 10.5. The van der Waals surface area contributed by atoms with Gasteiger partial charge in [0.1, 0.15) is 5.75 Å². The van der Waals surface area contributed by atoms with E-state index in [0.29, 0.717) is 12.0 Å². The number of piperidine rings is 1. The largest absolute Gasteiger partial charge is 0.497 e. The van der Waals surface area contributed by atoms with Crippen molar-refractivity contribution in [3.63, 3.8) is 0 Å². The molecule has 0 aromatic heterocycles. The summed E-state index contributed by atoms with van der Waals surface area (Å²) >= 11 is 0. The van der Waals surface area contributed by atoms with Gasteiger partial charge in [0.25, 0.3) is 0 Å². The third-order valence-corrected chi connectivity index (χ3v) is 5.92. The molecule has 1 amide bonds. The van der Waals surface area contributed by atoms with Crippen LogP contribution >= 0.6 is 24.8 Å². The number of methoxy groups -OCH3 is 1. The predicted molar refractivity (Wildman–Crippen MR) is 114 cm³/mol. The van der Waals surface area contributed by atoms with Gasteiger partial charge >= 0.3 is 0 Å². The van der Waals surface area contributed by atoms with E-state index in [0.717, 1.165) is 43.9 Å². The molecular weight excluding hydrogens is 385 g/mol. The van der Waals surface area contributed by atoms with E-state index in [1.807, 2.05) is 29.2 Å². The van der Waals surface area contributed by atoms with E-state index in [9.17, 15) is 4.79 Å². The number of carbonyl (C=O) groups excluding carboxylic acids is 1. The average Bonchev–Trinajstić information content (AvgIpc) is 2.95. The summed E-state index contributed by atoms with van der Waals surface area (Å²) in [4.78, 5) is 17.5. The summed E-state index contributed by atoms with van der Waals surface area (Å²) in [6, 6.07) is 8.03. The maximum absolute atomic E-state index is 13.2. The van der Waals surface area contributed by atoms with Gasteiger partial charge in [0.15, 0.2) is 0 Å². The van der Waals surface area contributed by atoms with Gasteiger partial charge in [-0.1, -0.05) is 12.1 Å². The van der Waals surface area contributed by atoms with Crippen LogP contribution in [0.3, 0.4) is 0 Å². The maximum Gasteiger partial charge on any atom is 0.240 e. The number of likely N-dealkylation sites (tertiary alicyclic amines) is 1. The highest BCUT2D eigenvalue weighted by atomic mass is 35.5. The molecule has 5 nitrogen and oxygen atoms in total. The molecule has 1 atom stereocenters. The van der Waals surface area contributed by atoms with Crippen LogP contribution in [0.15, 0.2) is 24.3 Å². The van der Waals surface area contributed by atoms with Gasteiger partial charge in [-0.3, -0.25) is 9.69 Å². The van der Waals surface area contributed by atoms with E-state index in [2.05, 4.69) is 24.2 Å². The van der Waals surface area contributed by atoms with E-state index in [1.54, 1.807) is 7.11 Å². The van der Waals surface area contributed by atoms with Crippen LogP contribution in [0.4, 0.5) is 0 Å². The van der Waals surface area contributed by atoms with Crippen molar-refractivity contribution in [2.24, 2.45) is 5.41 Å². The number of likely N-dealkylation sites (N-methyl/N-ethyl adjacent to an activating group) is 2. The molecule has 2 aliphatic rings. The van der Waals surface area contributed by atoms with Gasteiger partial charge in [-0.05, 0) is 69.4 Å². The topological polar surface area (TPSA) is 44.8 Å². The summed E-state index contributed by atoms with van der Waals surface area (Å²) in [7, 11) is 3.78. The molecule has 3 rings (SSSR count). The molecule has 1 unspecified atom stereocenters. The van der Waals surface area contributed by atoms with E-state index < -0.39 is 0 Å². The lowest BCUT2D eigenvalue weighted by Crippen LogP contribution is -2.43. The summed E-state index contributed by atoms with van der Waals surface area (Å²) in [6.45, 7) is 6.68. The van der Waals surface area contributed by atoms with Crippen molar-refractivity contribution in [2.75, 3.05) is 40.3 Å². The van der Waals surface area contributed by atoms with E-state index >= 15 is 0 Å². The van der Waals surface area contributed by atoms with Crippen molar-refractivity contribution in [1.29, 1.82) is 0 Å². The average molecular weight is 418 g/mol. The first-order valence-electron chi connectivity index (χ1n) is 9.39. The minimum absolute atomic E-state index is 0. The van der Waals surface area contributed by atoms with Gasteiger partial charge in [-0.2, -0.15) is 0 Å². The quantitative estimate of drug-likeness (QED) is 0.799. The van der Waals surface area contributed by atoms with Crippen LogP contribution in [-0.4, -0.2) is 62.1 Å². The molecule has 2 saturated heterocycles. The van der Waals surface area contributed by atoms with Crippen molar-refractivity contribution >= 4 is 30.7 Å². The Morgan fingerprint density at radius 3 is 2.44 bits per heavy atom. The zero-order chi connectivity index (χ0) is 17.9. The van der Waals surface area contributed by atoms with E-state index in [1.165, 1.54) is 12.8 Å². The molecule has 1 N–H and O–H groups in total. The smallest absolute Gasteiger partial charge is 0.240 e. The van der Waals surface area contributed by atoms with Gasteiger partial charge in [-0.15, -0.1) is 24.8 Å². The molecule has 0 aliphatic carbocycles. The monoisotopic (exact) mass is 417 g/mol. The number of nitrogens with one attached hydrogen (secondary N) is 1. The van der Waals surface area contributed by atoms with Crippen LogP contribution in [0.5, 0.6) is 5.75 Å². The Balaban J connectivity index is 0.00000182. The number of amides is 1. The van der Waals surface area contributed by atoms with Gasteiger partial charge in [0, 0.05) is 19.6 Å².